The molecule has 0 aliphatic rings. The molecule has 1 heterocycles. The molecule has 126 valence electrons. The Morgan fingerprint density at radius 2 is 2.00 bits per heavy atom. The number of aromatic carboxylic acids is 1. The van der Waals surface area contributed by atoms with Gasteiger partial charge in [0.25, 0.3) is 0 Å². The third kappa shape index (κ3) is 4.42. The largest absolute Gasteiger partial charge is 0.475 e. The molecule has 0 bridgehead atoms. The number of rotatable bonds is 5. The van der Waals surface area contributed by atoms with Crippen LogP contribution in [0, 0.1) is 6.92 Å². The Morgan fingerprint density at radius 1 is 1.25 bits per heavy atom. The average Bonchev–Trinajstić information content (AvgIpc) is 2.99. The molecular formula is C17H18N2O4S. The van der Waals surface area contributed by atoms with Gasteiger partial charge in [0.15, 0.2) is 5.11 Å². The van der Waals surface area contributed by atoms with Gasteiger partial charge in [0, 0.05) is 17.7 Å². The highest BCUT2D eigenvalue weighted by atomic mass is 32.1. The molecule has 0 aliphatic carbocycles. The molecule has 0 unspecified atom stereocenters. The number of furan rings is 1. The number of carboxylic acid groups (broad SMARTS) is 1. The monoisotopic (exact) mass is 346 g/mol. The number of hydrogen-bond acceptors (Lipinski definition) is 4. The van der Waals surface area contributed by atoms with E-state index in [-0.39, 0.29) is 16.8 Å². The third-order valence-electron chi connectivity index (χ3n) is 3.32. The van der Waals surface area contributed by atoms with Crippen molar-refractivity contribution >= 4 is 34.9 Å². The fourth-order valence-electron chi connectivity index (χ4n) is 2.09. The van der Waals surface area contributed by atoms with Gasteiger partial charge in [-0.05, 0) is 49.3 Å². The molecule has 2 rings (SSSR count). The van der Waals surface area contributed by atoms with Crippen LogP contribution in [0.3, 0.4) is 0 Å². The Balaban J connectivity index is 2.17. The second-order valence-electron chi connectivity index (χ2n) is 5.25. The molecule has 3 N–H and O–H groups in total. The molecule has 24 heavy (non-hydrogen) atoms. The summed E-state index contributed by atoms with van der Waals surface area (Å²) < 4.78 is 5.30. The van der Waals surface area contributed by atoms with Crippen molar-refractivity contribution in [3.63, 3.8) is 0 Å². The van der Waals surface area contributed by atoms with E-state index in [1.165, 1.54) is 6.07 Å². The predicted octanol–water partition coefficient (Wildman–Crippen LogP) is 3.57. The Morgan fingerprint density at radius 3 is 2.62 bits per heavy atom. The van der Waals surface area contributed by atoms with Crippen LogP contribution >= 0.6 is 12.2 Å². The van der Waals surface area contributed by atoms with Crippen LogP contribution in [0.5, 0.6) is 0 Å². The second kappa shape index (κ2) is 7.74. The minimum Gasteiger partial charge on any atom is -0.475 e. The fourth-order valence-corrected chi connectivity index (χ4v) is 2.31. The molecule has 0 fully saturated rings. The van der Waals surface area contributed by atoms with Crippen LogP contribution in [0.2, 0.25) is 0 Å². The maximum atomic E-state index is 11.6. The topological polar surface area (TPSA) is 91.6 Å². The van der Waals surface area contributed by atoms with Crippen LogP contribution in [0.25, 0.3) is 11.3 Å². The highest BCUT2D eigenvalue weighted by molar-refractivity contribution is 7.80. The van der Waals surface area contributed by atoms with E-state index in [2.05, 4.69) is 10.6 Å². The normalized spacial score (nSPS) is 10.2. The number of carbonyl (C=O) groups excluding carboxylic acids is 1. The second-order valence-corrected chi connectivity index (χ2v) is 5.66. The Kier molecular flexibility index (Phi) is 5.70. The summed E-state index contributed by atoms with van der Waals surface area (Å²) in [6, 6.07) is 8.47. The standard InChI is InChI=1S/C17H18N2O4S/c1-3-4-15(20)19-17(24)18-12-9-11(6-5-10(12)2)13-7-8-14(23-13)16(21)22/h5-9H,3-4H2,1-2H3,(H,21,22)(H2,18,19,20,24). The first kappa shape index (κ1) is 17.7. The number of hydrogen-bond donors (Lipinski definition) is 3. The lowest BCUT2D eigenvalue weighted by molar-refractivity contribution is -0.119. The molecule has 7 heteroatoms. The van der Waals surface area contributed by atoms with Crippen molar-refractivity contribution in [2.24, 2.45) is 0 Å². The van der Waals surface area contributed by atoms with Gasteiger partial charge in [-0.2, -0.15) is 0 Å². The minimum absolute atomic E-state index is 0.123. The van der Waals surface area contributed by atoms with E-state index < -0.39 is 5.97 Å². The molecule has 2 aromatic rings. The quantitative estimate of drug-likeness (QED) is 0.717. The smallest absolute Gasteiger partial charge is 0.371 e. The van der Waals surface area contributed by atoms with Crippen LogP contribution in [-0.2, 0) is 4.79 Å². The lowest BCUT2D eigenvalue weighted by Gasteiger charge is -2.12. The molecule has 6 nitrogen and oxygen atoms in total. The van der Waals surface area contributed by atoms with Gasteiger partial charge in [-0.15, -0.1) is 0 Å². The summed E-state index contributed by atoms with van der Waals surface area (Å²) in [7, 11) is 0. The van der Waals surface area contributed by atoms with E-state index >= 15 is 0 Å². The van der Waals surface area contributed by atoms with Crippen LogP contribution in [0.1, 0.15) is 35.9 Å². The number of benzene rings is 1. The van der Waals surface area contributed by atoms with Gasteiger partial charge in [-0.25, -0.2) is 4.79 Å². The number of nitrogens with one attached hydrogen (secondary N) is 2. The predicted molar refractivity (Wildman–Crippen MR) is 95.1 cm³/mol. The number of amides is 1. The van der Waals surface area contributed by atoms with Crippen molar-refractivity contribution in [3.05, 3.63) is 41.7 Å². The van der Waals surface area contributed by atoms with E-state index in [1.54, 1.807) is 12.1 Å². The molecule has 1 amide bonds. The van der Waals surface area contributed by atoms with E-state index in [4.69, 9.17) is 21.7 Å². The Hall–Kier alpha value is -2.67. The van der Waals surface area contributed by atoms with Gasteiger partial charge in [0.05, 0.1) is 0 Å². The zero-order valence-corrected chi connectivity index (χ0v) is 14.2. The summed E-state index contributed by atoms with van der Waals surface area (Å²) in [5.74, 6) is -0.939. The summed E-state index contributed by atoms with van der Waals surface area (Å²) in [5, 5.41) is 14.7. The summed E-state index contributed by atoms with van der Waals surface area (Å²) in [5.41, 5.74) is 2.34. The summed E-state index contributed by atoms with van der Waals surface area (Å²) >= 11 is 5.14. The molecule has 0 atom stereocenters. The van der Waals surface area contributed by atoms with E-state index in [0.29, 0.717) is 23.4 Å². The summed E-state index contributed by atoms with van der Waals surface area (Å²) in [6.07, 6.45) is 1.15. The van der Waals surface area contributed by atoms with Gasteiger partial charge >= 0.3 is 5.97 Å². The summed E-state index contributed by atoms with van der Waals surface area (Å²) in [4.78, 5) is 22.5. The van der Waals surface area contributed by atoms with Crippen molar-refractivity contribution < 1.29 is 19.1 Å². The molecular weight excluding hydrogens is 328 g/mol. The first-order valence-electron chi connectivity index (χ1n) is 7.45. The molecule has 0 saturated heterocycles. The molecule has 1 aromatic heterocycles. The maximum absolute atomic E-state index is 11.6. The molecule has 1 aromatic carbocycles. The average molecular weight is 346 g/mol. The number of carboxylic acids is 1. The lowest BCUT2D eigenvalue weighted by Crippen LogP contribution is -2.34. The maximum Gasteiger partial charge on any atom is 0.371 e. The van der Waals surface area contributed by atoms with Crippen molar-refractivity contribution in [2.75, 3.05) is 5.32 Å². The van der Waals surface area contributed by atoms with Crippen LogP contribution in [0.4, 0.5) is 5.69 Å². The third-order valence-corrected chi connectivity index (χ3v) is 3.52. The number of thiocarbonyl (C=S) groups is 1. The Labute approximate surface area is 144 Å². The first-order valence-corrected chi connectivity index (χ1v) is 7.86. The van der Waals surface area contributed by atoms with E-state index in [9.17, 15) is 9.59 Å². The highest BCUT2D eigenvalue weighted by Gasteiger charge is 2.12. The van der Waals surface area contributed by atoms with Gasteiger partial charge in [0.1, 0.15) is 5.76 Å². The zero-order valence-electron chi connectivity index (χ0n) is 13.4. The van der Waals surface area contributed by atoms with E-state index in [1.807, 2.05) is 26.0 Å². The van der Waals surface area contributed by atoms with Crippen LogP contribution in [0.15, 0.2) is 34.7 Å². The molecule has 0 saturated carbocycles. The van der Waals surface area contributed by atoms with Crippen molar-refractivity contribution in [2.45, 2.75) is 26.7 Å². The van der Waals surface area contributed by atoms with E-state index in [0.717, 1.165) is 12.0 Å². The van der Waals surface area contributed by atoms with Gasteiger partial charge in [0.2, 0.25) is 11.7 Å². The van der Waals surface area contributed by atoms with Crippen molar-refractivity contribution in [3.8, 4) is 11.3 Å². The number of aryl methyl sites for hydroxylation is 1. The minimum atomic E-state index is -1.12. The lowest BCUT2D eigenvalue weighted by atomic mass is 10.1. The number of carbonyl (C=O) groups is 2. The summed E-state index contributed by atoms with van der Waals surface area (Å²) in [6.45, 7) is 3.81. The van der Waals surface area contributed by atoms with Gasteiger partial charge < -0.3 is 20.2 Å². The molecule has 0 spiro atoms. The first-order chi connectivity index (χ1) is 11.4. The van der Waals surface area contributed by atoms with Crippen LogP contribution in [-0.4, -0.2) is 22.1 Å². The van der Waals surface area contributed by atoms with Crippen molar-refractivity contribution in [1.82, 2.24) is 5.32 Å². The van der Waals surface area contributed by atoms with Gasteiger partial charge in [-0.1, -0.05) is 19.1 Å². The van der Waals surface area contributed by atoms with Crippen molar-refractivity contribution in [1.29, 1.82) is 0 Å². The van der Waals surface area contributed by atoms with Crippen LogP contribution < -0.4 is 10.6 Å². The molecule has 0 radical (unpaired) electrons. The number of anilines is 1. The SMILES string of the molecule is CCCC(=O)NC(=S)Nc1cc(-c2ccc(C(=O)O)o2)ccc1C. The Bertz CT molecular complexity index is 783. The highest BCUT2D eigenvalue weighted by Crippen LogP contribution is 2.27. The zero-order chi connectivity index (χ0) is 17.7. The van der Waals surface area contributed by atoms with Gasteiger partial charge in [-0.3, -0.25) is 4.79 Å². The molecule has 0 aliphatic heterocycles. The fraction of sp³-hybridized carbons (Fsp3) is 0.235.